The highest BCUT2D eigenvalue weighted by Crippen LogP contribution is 2.28. The fourth-order valence-electron chi connectivity index (χ4n) is 2.05. The van der Waals surface area contributed by atoms with Gasteiger partial charge in [-0.25, -0.2) is 0 Å². The first-order chi connectivity index (χ1) is 9.95. The van der Waals surface area contributed by atoms with Crippen molar-refractivity contribution in [2.24, 2.45) is 5.73 Å². The molecule has 1 atom stereocenters. The molecule has 0 bridgehead atoms. The first kappa shape index (κ1) is 15.6. The second kappa shape index (κ2) is 6.34. The monoisotopic (exact) mass is 396 g/mol. The molecule has 110 valence electrons. The number of carbonyl (C=O) groups excluding carboxylic acids is 1. The maximum Gasteiger partial charge on any atom is 0.247 e. The Morgan fingerprint density at radius 1 is 1.24 bits per heavy atom. The second-order valence-electron chi connectivity index (χ2n) is 4.85. The highest BCUT2D eigenvalue weighted by molar-refractivity contribution is 14.1. The van der Waals surface area contributed by atoms with E-state index in [1.807, 2.05) is 48.5 Å². The van der Waals surface area contributed by atoms with E-state index in [0.717, 1.165) is 20.6 Å². The van der Waals surface area contributed by atoms with E-state index >= 15 is 0 Å². The van der Waals surface area contributed by atoms with E-state index in [2.05, 4.69) is 27.9 Å². The number of nitrogens with two attached hydrogens (primary N) is 1. The van der Waals surface area contributed by atoms with Gasteiger partial charge in [0, 0.05) is 15.3 Å². The van der Waals surface area contributed by atoms with Crippen molar-refractivity contribution in [3.63, 3.8) is 0 Å². The van der Waals surface area contributed by atoms with Crippen molar-refractivity contribution in [1.82, 2.24) is 0 Å². The van der Waals surface area contributed by atoms with Gasteiger partial charge in [-0.05, 0) is 59.3 Å². The lowest BCUT2D eigenvalue weighted by Gasteiger charge is -2.29. The standard InChI is InChI=1S/C16H17IN2O2/c1-16(15(18)20,11-6-8-12(17)9-7-11)19-13-4-3-5-14(10-13)21-2/h3-10,19H,1-2H3,(H2,18,20). The highest BCUT2D eigenvalue weighted by atomic mass is 127. The number of halogens is 1. The summed E-state index contributed by atoms with van der Waals surface area (Å²) in [5.74, 6) is 0.279. The van der Waals surface area contributed by atoms with Gasteiger partial charge in [-0.1, -0.05) is 18.2 Å². The van der Waals surface area contributed by atoms with Crippen molar-refractivity contribution in [2.45, 2.75) is 12.5 Å². The third kappa shape index (κ3) is 3.47. The molecule has 0 radical (unpaired) electrons. The van der Waals surface area contributed by atoms with Crippen molar-refractivity contribution in [2.75, 3.05) is 12.4 Å². The van der Waals surface area contributed by atoms with Crippen LogP contribution >= 0.6 is 22.6 Å². The van der Waals surface area contributed by atoms with E-state index in [0.29, 0.717) is 0 Å². The molecule has 0 heterocycles. The summed E-state index contributed by atoms with van der Waals surface area (Å²) in [6.45, 7) is 1.77. The Hall–Kier alpha value is -1.76. The van der Waals surface area contributed by atoms with Crippen molar-refractivity contribution in [3.8, 4) is 5.75 Å². The summed E-state index contributed by atoms with van der Waals surface area (Å²) in [6.07, 6.45) is 0. The fourth-order valence-corrected chi connectivity index (χ4v) is 2.41. The lowest BCUT2D eigenvalue weighted by Crippen LogP contribution is -2.45. The zero-order valence-corrected chi connectivity index (χ0v) is 14.0. The first-order valence-corrected chi connectivity index (χ1v) is 7.52. The van der Waals surface area contributed by atoms with Gasteiger partial charge in [0.15, 0.2) is 0 Å². The minimum Gasteiger partial charge on any atom is -0.497 e. The van der Waals surface area contributed by atoms with Crippen LogP contribution in [-0.4, -0.2) is 13.0 Å². The van der Waals surface area contributed by atoms with Gasteiger partial charge in [0.1, 0.15) is 11.3 Å². The van der Waals surface area contributed by atoms with E-state index in [1.165, 1.54) is 0 Å². The molecule has 2 rings (SSSR count). The fraction of sp³-hybridized carbons (Fsp3) is 0.188. The van der Waals surface area contributed by atoms with Gasteiger partial charge >= 0.3 is 0 Å². The Kier molecular flexibility index (Phi) is 4.72. The van der Waals surface area contributed by atoms with Gasteiger partial charge in [-0.15, -0.1) is 0 Å². The summed E-state index contributed by atoms with van der Waals surface area (Å²) >= 11 is 2.22. The van der Waals surface area contributed by atoms with Crippen molar-refractivity contribution >= 4 is 34.2 Å². The number of carbonyl (C=O) groups is 1. The molecule has 0 aliphatic carbocycles. The number of nitrogens with one attached hydrogen (secondary N) is 1. The molecular formula is C16H17IN2O2. The number of hydrogen-bond donors (Lipinski definition) is 2. The molecule has 2 aromatic carbocycles. The van der Waals surface area contributed by atoms with Crippen LogP contribution in [0.15, 0.2) is 48.5 Å². The van der Waals surface area contributed by atoms with Crippen LogP contribution in [0.5, 0.6) is 5.75 Å². The van der Waals surface area contributed by atoms with Gasteiger partial charge in [-0.2, -0.15) is 0 Å². The summed E-state index contributed by atoms with van der Waals surface area (Å²) < 4.78 is 6.30. The third-order valence-electron chi connectivity index (χ3n) is 3.38. The van der Waals surface area contributed by atoms with Gasteiger partial charge in [0.25, 0.3) is 0 Å². The summed E-state index contributed by atoms with van der Waals surface area (Å²) in [5.41, 5.74) is 6.23. The van der Waals surface area contributed by atoms with Crippen LogP contribution in [-0.2, 0) is 10.3 Å². The number of amides is 1. The third-order valence-corrected chi connectivity index (χ3v) is 4.10. The molecule has 5 heteroatoms. The minimum atomic E-state index is -0.989. The van der Waals surface area contributed by atoms with Crippen LogP contribution in [0.4, 0.5) is 5.69 Å². The normalized spacial score (nSPS) is 13.3. The highest BCUT2D eigenvalue weighted by Gasteiger charge is 2.33. The molecule has 0 saturated heterocycles. The molecule has 3 N–H and O–H groups in total. The van der Waals surface area contributed by atoms with Crippen LogP contribution < -0.4 is 15.8 Å². The smallest absolute Gasteiger partial charge is 0.247 e. The first-order valence-electron chi connectivity index (χ1n) is 6.44. The molecule has 0 spiro atoms. The predicted molar refractivity (Wildman–Crippen MR) is 92.3 cm³/mol. The van der Waals surface area contributed by atoms with Gasteiger partial charge < -0.3 is 15.8 Å². The number of rotatable bonds is 5. The largest absolute Gasteiger partial charge is 0.497 e. The van der Waals surface area contributed by atoms with Crippen molar-refractivity contribution < 1.29 is 9.53 Å². The van der Waals surface area contributed by atoms with Crippen LogP contribution in [0.25, 0.3) is 0 Å². The molecule has 0 aromatic heterocycles. The summed E-state index contributed by atoms with van der Waals surface area (Å²) in [4.78, 5) is 12.0. The number of hydrogen-bond acceptors (Lipinski definition) is 3. The quantitative estimate of drug-likeness (QED) is 0.764. The number of ether oxygens (including phenoxy) is 1. The zero-order valence-electron chi connectivity index (χ0n) is 11.9. The van der Waals surface area contributed by atoms with Gasteiger partial charge in [0.2, 0.25) is 5.91 Å². The molecule has 2 aromatic rings. The molecule has 0 saturated carbocycles. The minimum absolute atomic E-state index is 0.438. The number of benzene rings is 2. The molecule has 21 heavy (non-hydrogen) atoms. The van der Waals surface area contributed by atoms with Crippen LogP contribution in [0.1, 0.15) is 12.5 Å². The lowest BCUT2D eigenvalue weighted by atomic mass is 9.91. The Morgan fingerprint density at radius 2 is 1.90 bits per heavy atom. The summed E-state index contributed by atoms with van der Waals surface area (Å²) in [7, 11) is 1.60. The van der Waals surface area contributed by atoms with Gasteiger partial charge in [0.05, 0.1) is 7.11 Å². The molecule has 4 nitrogen and oxygen atoms in total. The average Bonchev–Trinajstić information content (AvgIpc) is 2.47. The van der Waals surface area contributed by atoms with E-state index in [4.69, 9.17) is 10.5 Å². The molecule has 1 amide bonds. The van der Waals surface area contributed by atoms with Crippen LogP contribution in [0.2, 0.25) is 0 Å². The summed E-state index contributed by atoms with van der Waals surface area (Å²) in [5, 5.41) is 3.21. The van der Waals surface area contributed by atoms with Crippen LogP contribution in [0.3, 0.4) is 0 Å². The molecule has 1 unspecified atom stereocenters. The Bertz CT molecular complexity index is 643. The number of methoxy groups -OCH3 is 1. The topological polar surface area (TPSA) is 64.3 Å². The Balaban J connectivity index is 2.38. The van der Waals surface area contributed by atoms with Crippen molar-refractivity contribution in [3.05, 3.63) is 57.7 Å². The summed E-state index contributed by atoms with van der Waals surface area (Å²) in [6, 6.07) is 15.1. The maximum absolute atomic E-state index is 12.0. The molecule has 0 aliphatic rings. The number of anilines is 1. The van der Waals surface area contributed by atoms with E-state index in [9.17, 15) is 4.79 Å². The van der Waals surface area contributed by atoms with E-state index in [-0.39, 0.29) is 0 Å². The Morgan fingerprint density at radius 3 is 2.48 bits per heavy atom. The molecular weight excluding hydrogens is 379 g/mol. The maximum atomic E-state index is 12.0. The SMILES string of the molecule is COc1cccc(NC(C)(C(N)=O)c2ccc(I)cc2)c1. The predicted octanol–water partition coefficient (Wildman–Crippen LogP) is 3.11. The average molecular weight is 396 g/mol. The zero-order chi connectivity index (χ0) is 15.5. The second-order valence-corrected chi connectivity index (χ2v) is 6.10. The number of primary amides is 1. The molecule has 0 aliphatic heterocycles. The molecule has 0 fully saturated rings. The Labute approximate surface area is 137 Å². The van der Waals surface area contributed by atoms with E-state index < -0.39 is 11.4 Å². The van der Waals surface area contributed by atoms with Crippen molar-refractivity contribution in [1.29, 1.82) is 0 Å². The van der Waals surface area contributed by atoms with Gasteiger partial charge in [-0.3, -0.25) is 4.79 Å². The van der Waals surface area contributed by atoms with E-state index in [1.54, 1.807) is 14.0 Å². The van der Waals surface area contributed by atoms with Crippen LogP contribution in [0, 0.1) is 3.57 Å². The lowest BCUT2D eigenvalue weighted by molar-refractivity contribution is -0.122.